The van der Waals surface area contributed by atoms with Crippen LogP contribution in [0.2, 0.25) is 5.02 Å². The molecule has 0 spiro atoms. The average Bonchev–Trinajstić information content (AvgIpc) is 3.02. The second-order valence-corrected chi connectivity index (χ2v) is 9.27. The number of aromatic nitrogens is 1. The van der Waals surface area contributed by atoms with Gasteiger partial charge in [-0.15, -0.1) is 0 Å². The van der Waals surface area contributed by atoms with Gasteiger partial charge in [-0.2, -0.15) is 0 Å². The fraction of sp³-hybridized carbons (Fsp3) is 0.174. The van der Waals surface area contributed by atoms with Gasteiger partial charge in [-0.1, -0.05) is 63.1 Å². The number of esters is 1. The van der Waals surface area contributed by atoms with Gasteiger partial charge in [-0.05, 0) is 55.3 Å². The zero-order valence-corrected chi connectivity index (χ0v) is 19.9. The van der Waals surface area contributed by atoms with Crippen LogP contribution in [0, 0.1) is 0 Å². The van der Waals surface area contributed by atoms with E-state index in [2.05, 4.69) is 20.9 Å². The lowest BCUT2D eigenvalue weighted by Crippen LogP contribution is -2.39. The maximum atomic E-state index is 13.5. The van der Waals surface area contributed by atoms with Crippen LogP contribution in [-0.2, 0) is 9.53 Å². The maximum absolute atomic E-state index is 13.5. The molecular formula is C23H18BrClN2O3S. The smallest absolute Gasteiger partial charge is 0.338 e. The molecule has 8 heteroatoms. The molecule has 1 aromatic heterocycles. The van der Waals surface area contributed by atoms with E-state index in [1.165, 1.54) is 11.3 Å². The van der Waals surface area contributed by atoms with E-state index in [-0.39, 0.29) is 12.2 Å². The lowest BCUT2D eigenvalue weighted by molar-refractivity contribution is -0.139. The number of carbonyl (C=O) groups excluding carboxylic acids is 1. The van der Waals surface area contributed by atoms with Crippen LogP contribution >= 0.6 is 38.9 Å². The van der Waals surface area contributed by atoms with E-state index < -0.39 is 12.0 Å². The first kappa shape index (κ1) is 21.7. The van der Waals surface area contributed by atoms with Crippen LogP contribution in [0.5, 0.6) is 0 Å². The van der Waals surface area contributed by atoms with Crippen molar-refractivity contribution < 1.29 is 9.53 Å². The molecule has 4 rings (SSSR count). The summed E-state index contributed by atoms with van der Waals surface area (Å²) >= 11 is 10.8. The number of rotatable bonds is 4. The summed E-state index contributed by atoms with van der Waals surface area (Å²) in [5, 5.41) is 0.573. The van der Waals surface area contributed by atoms with Crippen molar-refractivity contribution in [3.63, 3.8) is 0 Å². The SMILES string of the molecule is CCOC(=O)C1=C(C)N=c2sc(=Cc3cccc(Br)c3)c(=O)n2C1c1ccc(Cl)cc1. The van der Waals surface area contributed by atoms with E-state index in [1.54, 1.807) is 30.5 Å². The number of allylic oxidation sites excluding steroid dienone is 1. The normalized spacial score (nSPS) is 16.1. The Hall–Kier alpha value is -2.48. The fourth-order valence-corrected chi connectivity index (χ4v) is 5.09. The van der Waals surface area contributed by atoms with E-state index >= 15 is 0 Å². The first-order chi connectivity index (χ1) is 14.9. The van der Waals surface area contributed by atoms with E-state index in [1.807, 2.05) is 42.5 Å². The molecule has 1 aliphatic rings. The van der Waals surface area contributed by atoms with Crippen LogP contribution in [0.15, 0.2) is 74.1 Å². The summed E-state index contributed by atoms with van der Waals surface area (Å²) in [4.78, 5) is 31.4. The van der Waals surface area contributed by atoms with E-state index in [0.29, 0.717) is 25.6 Å². The second kappa shape index (κ2) is 8.94. The van der Waals surface area contributed by atoms with Gasteiger partial charge in [0.05, 0.1) is 28.5 Å². The van der Waals surface area contributed by atoms with Crippen molar-refractivity contribution in [1.29, 1.82) is 0 Å². The van der Waals surface area contributed by atoms with Crippen molar-refractivity contribution in [3.05, 3.63) is 100 Å². The Balaban J connectivity index is 1.96. The molecule has 1 aliphatic heterocycles. The Kier molecular flexibility index (Phi) is 6.27. The molecule has 5 nitrogen and oxygen atoms in total. The highest BCUT2D eigenvalue weighted by atomic mass is 79.9. The zero-order valence-electron chi connectivity index (χ0n) is 16.8. The molecular weight excluding hydrogens is 500 g/mol. The van der Waals surface area contributed by atoms with Gasteiger partial charge >= 0.3 is 5.97 Å². The van der Waals surface area contributed by atoms with Crippen LogP contribution < -0.4 is 14.9 Å². The van der Waals surface area contributed by atoms with Crippen LogP contribution in [0.4, 0.5) is 0 Å². The summed E-state index contributed by atoms with van der Waals surface area (Å²) in [5.74, 6) is -0.482. The standard InChI is InChI=1S/C23H18BrClN2O3S/c1-3-30-22(29)19-13(2)26-23-27(20(19)15-7-9-17(25)10-8-15)21(28)18(31-23)12-14-5-4-6-16(24)11-14/h4-12,20H,3H2,1-2H3. The predicted molar refractivity (Wildman–Crippen MR) is 126 cm³/mol. The van der Waals surface area contributed by atoms with E-state index in [0.717, 1.165) is 15.6 Å². The van der Waals surface area contributed by atoms with Gasteiger partial charge in [0.2, 0.25) is 0 Å². The molecule has 31 heavy (non-hydrogen) atoms. The Morgan fingerprint density at radius 2 is 2.03 bits per heavy atom. The molecule has 2 aromatic carbocycles. The third kappa shape index (κ3) is 4.31. The minimum atomic E-state index is -0.641. The van der Waals surface area contributed by atoms with E-state index in [9.17, 15) is 9.59 Å². The molecule has 0 aliphatic carbocycles. The molecule has 0 saturated heterocycles. The van der Waals surface area contributed by atoms with Gasteiger partial charge < -0.3 is 4.74 Å². The largest absolute Gasteiger partial charge is 0.463 e. The van der Waals surface area contributed by atoms with Gasteiger partial charge in [-0.25, -0.2) is 9.79 Å². The Morgan fingerprint density at radius 3 is 2.71 bits per heavy atom. The zero-order chi connectivity index (χ0) is 22.1. The highest BCUT2D eigenvalue weighted by molar-refractivity contribution is 9.10. The maximum Gasteiger partial charge on any atom is 0.338 e. The highest BCUT2D eigenvalue weighted by Crippen LogP contribution is 2.31. The molecule has 2 heterocycles. The molecule has 3 aromatic rings. The van der Waals surface area contributed by atoms with Crippen LogP contribution in [0.3, 0.4) is 0 Å². The molecule has 0 fully saturated rings. The van der Waals surface area contributed by atoms with Gasteiger partial charge in [-0.3, -0.25) is 9.36 Å². The summed E-state index contributed by atoms with van der Waals surface area (Å²) < 4.78 is 8.32. The highest BCUT2D eigenvalue weighted by Gasteiger charge is 2.33. The first-order valence-corrected chi connectivity index (χ1v) is 11.6. The number of ether oxygens (including phenoxy) is 1. The van der Waals surface area contributed by atoms with Gasteiger partial charge in [0, 0.05) is 9.50 Å². The monoisotopic (exact) mass is 516 g/mol. The second-order valence-electron chi connectivity index (χ2n) is 6.91. The summed E-state index contributed by atoms with van der Waals surface area (Å²) in [6.07, 6.45) is 1.83. The number of hydrogen-bond acceptors (Lipinski definition) is 5. The van der Waals surface area contributed by atoms with Crippen molar-refractivity contribution in [2.24, 2.45) is 4.99 Å². The number of carbonyl (C=O) groups is 1. The minimum absolute atomic E-state index is 0.210. The summed E-state index contributed by atoms with van der Waals surface area (Å²) in [5.41, 5.74) is 2.33. The molecule has 0 N–H and O–H groups in total. The topological polar surface area (TPSA) is 60.7 Å². The number of fused-ring (bicyclic) bond motifs is 1. The van der Waals surface area contributed by atoms with Crippen molar-refractivity contribution >= 4 is 50.9 Å². The predicted octanol–water partition coefficient (Wildman–Crippen LogP) is 4.21. The Morgan fingerprint density at radius 1 is 1.29 bits per heavy atom. The average molecular weight is 518 g/mol. The van der Waals surface area contributed by atoms with Crippen molar-refractivity contribution in [1.82, 2.24) is 4.57 Å². The molecule has 0 amide bonds. The van der Waals surface area contributed by atoms with E-state index in [4.69, 9.17) is 16.3 Å². The Labute approximate surface area is 196 Å². The third-order valence-electron chi connectivity index (χ3n) is 4.85. The molecule has 1 unspecified atom stereocenters. The van der Waals surface area contributed by atoms with Gasteiger partial charge in [0.1, 0.15) is 0 Å². The van der Waals surface area contributed by atoms with Crippen LogP contribution in [-0.4, -0.2) is 17.1 Å². The summed E-state index contributed by atoms with van der Waals surface area (Å²) in [7, 11) is 0. The van der Waals surface area contributed by atoms with Crippen LogP contribution in [0.1, 0.15) is 31.0 Å². The summed E-state index contributed by atoms with van der Waals surface area (Å²) in [6.45, 7) is 3.75. The number of thiazole rings is 1. The quantitative estimate of drug-likeness (QED) is 0.487. The molecule has 1 atom stereocenters. The Bertz CT molecular complexity index is 1370. The lowest BCUT2D eigenvalue weighted by atomic mass is 9.96. The molecule has 158 valence electrons. The van der Waals surface area contributed by atoms with Crippen LogP contribution in [0.25, 0.3) is 6.08 Å². The molecule has 0 saturated carbocycles. The number of nitrogens with zero attached hydrogens (tertiary/aromatic N) is 2. The fourth-order valence-electron chi connectivity index (χ4n) is 3.50. The van der Waals surface area contributed by atoms with Gasteiger partial charge in [0.25, 0.3) is 5.56 Å². The lowest BCUT2D eigenvalue weighted by Gasteiger charge is -2.24. The third-order valence-corrected chi connectivity index (χ3v) is 6.58. The molecule has 0 radical (unpaired) electrons. The number of halogens is 2. The van der Waals surface area contributed by atoms with Gasteiger partial charge in [0.15, 0.2) is 4.80 Å². The van der Waals surface area contributed by atoms with Crippen molar-refractivity contribution in [2.45, 2.75) is 19.9 Å². The minimum Gasteiger partial charge on any atom is -0.463 e. The van der Waals surface area contributed by atoms with Crippen molar-refractivity contribution in [2.75, 3.05) is 6.61 Å². The number of hydrogen-bond donors (Lipinski definition) is 0. The summed E-state index contributed by atoms with van der Waals surface area (Å²) in [6, 6.07) is 14.2. The molecule has 0 bridgehead atoms. The first-order valence-electron chi connectivity index (χ1n) is 9.59. The number of benzene rings is 2. The van der Waals surface area contributed by atoms with Crippen molar-refractivity contribution in [3.8, 4) is 0 Å².